The number of nitrogens with zero attached hydrogens (tertiary/aromatic N) is 3. The van der Waals surface area contributed by atoms with Gasteiger partial charge in [-0.05, 0) is 42.8 Å². The zero-order valence-electron chi connectivity index (χ0n) is 19.3. The Morgan fingerprint density at radius 3 is 2.42 bits per heavy atom. The first-order valence-electron chi connectivity index (χ1n) is 11.3. The van der Waals surface area contributed by atoms with E-state index < -0.39 is 0 Å². The van der Waals surface area contributed by atoms with E-state index in [9.17, 15) is 0 Å². The van der Waals surface area contributed by atoms with E-state index in [0.29, 0.717) is 0 Å². The fraction of sp³-hybridized carbons (Fsp3) is 0.172. The van der Waals surface area contributed by atoms with Crippen LogP contribution in [0.2, 0.25) is 0 Å². The van der Waals surface area contributed by atoms with Gasteiger partial charge in [0.15, 0.2) is 0 Å². The lowest BCUT2D eigenvalue weighted by molar-refractivity contribution is 0.570. The number of imidazole rings is 1. The number of hydrogen-bond donors (Lipinski definition) is 0. The Balaban J connectivity index is 1.72. The first-order chi connectivity index (χ1) is 15.9. The molecule has 0 saturated heterocycles. The standard InChI is InChI=1S/C29H25N3O/c1-18-14-15-21(27-26(18)20-12-8-9-13-24(20)33-27)28-31-22-16-25(29(2,3)4)30-17-23(22)32(28)19-10-6-5-7-11-19/h5-17H,1-4H3. The Morgan fingerprint density at radius 2 is 1.64 bits per heavy atom. The predicted octanol–water partition coefficient (Wildman–Crippen LogP) is 7.59. The SMILES string of the molecule is Cc1ccc(-c2nc3cc(C(C)(C)C)ncc3n2-c2ccccc2)c2oc3ccccc3c12. The topological polar surface area (TPSA) is 43.9 Å². The number of para-hydroxylation sites is 2. The maximum Gasteiger partial charge on any atom is 0.149 e. The maximum atomic E-state index is 6.41. The molecule has 0 aliphatic carbocycles. The van der Waals surface area contributed by atoms with E-state index in [4.69, 9.17) is 14.4 Å². The number of fused-ring (bicyclic) bond motifs is 4. The Bertz CT molecular complexity index is 1650. The lowest BCUT2D eigenvalue weighted by atomic mass is 9.91. The van der Waals surface area contributed by atoms with Crippen LogP contribution in [0.1, 0.15) is 32.0 Å². The molecule has 3 aromatic carbocycles. The van der Waals surface area contributed by atoms with Crippen molar-refractivity contribution < 1.29 is 4.42 Å². The number of hydrogen-bond acceptors (Lipinski definition) is 3. The van der Waals surface area contributed by atoms with Crippen molar-refractivity contribution in [1.82, 2.24) is 14.5 Å². The second-order valence-corrected chi connectivity index (χ2v) is 9.65. The lowest BCUT2D eigenvalue weighted by Gasteiger charge is -2.17. The summed E-state index contributed by atoms with van der Waals surface area (Å²) in [4.78, 5) is 9.94. The molecule has 0 radical (unpaired) electrons. The molecule has 33 heavy (non-hydrogen) atoms. The molecule has 6 aromatic rings. The summed E-state index contributed by atoms with van der Waals surface area (Å²) in [5.41, 5.74) is 7.85. The number of furan rings is 1. The summed E-state index contributed by atoms with van der Waals surface area (Å²) >= 11 is 0. The van der Waals surface area contributed by atoms with Crippen molar-refractivity contribution in [3.63, 3.8) is 0 Å². The Morgan fingerprint density at radius 1 is 0.879 bits per heavy atom. The Kier molecular flexibility index (Phi) is 4.21. The molecule has 0 aliphatic heterocycles. The smallest absolute Gasteiger partial charge is 0.149 e. The third kappa shape index (κ3) is 3.05. The highest BCUT2D eigenvalue weighted by atomic mass is 16.3. The minimum Gasteiger partial charge on any atom is -0.455 e. The van der Waals surface area contributed by atoms with Crippen LogP contribution in [0.15, 0.2) is 83.4 Å². The van der Waals surface area contributed by atoms with E-state index in [1.807, 2.05) is 36.5 Å². The average molecular weight is 432 g/mol. The van der Waals surface area contributed by atoms with Crippen LogP contribution in [0, 0.1) is 6.92 Å². The molecule has 0 spiro atoms. The second kappa shape index (κ2) is 7.04. The van der Waals surface area contributed by atoms with Crippen LogP contribution in [-0.4, -0.2) is 14.5 Å². The lowest BCUT2D eigenvalue weighted by Crippen LogP contribution is -2.13. The highest BCUT2D eigenvalue weighted by molar-refractivity contribution is 6.11. The molecule has 0 N–H and O–H groups in total. The molecule has 0 saturated carbocycles. The molecular formula is C29H25N3O. The number of rotatable bonds is 2. The van der Waals surface area contributed by atoms with Gasteiger partial charge in [0.1, 0.15) is 17.0 Å². The molecule has 6 rings (SSSR count). The average Bonchev–Trinajstić information content (AvgIpc) is 3.38. The zero-order chi connectivity index (χ0) is 22.7. The molecule has 4 heteroatoms. The van der Waals surface area contributed by atoms with Crippen LogP contribution in [0.4, 0.5) is 0 Å². The van der Waals surface area contributed by atoms with Crippen molar-refractivity contribution in [3.05, 3.63) is 90.3 Å². The van der Waals surface area contributed by atoms with E-state index in [1.54, 1.807) is 0 Å². The third-order valence-electron chi connectivity index (χ3n) is 6.30. The highest BCUT2D eigenvalue weighted by Crippen LogP contribution is 2.39. The van der Waals surface area contributed by atoms with Gasteiger partial charge in [-0.25, -0.2) is 4.98 Å². The van der Waals surface area contributed by atoms with Crippen molar-refractivity contribution in [2.24, 2.45) is 0 Å². The van der Waals surface area contributed by atoms with Gasteiger partial charge in [0, 0.05) is 27.6 Å². The quantitative estimate of drug-likeness (QED) is 0.284. The molecule has 0 atom stereocenters. The van der Waals surface area contributed by atoms with Crippen LogP contribution >= 0.6 is 0 Å². The molecule has 0 aliphatic rings. The molecule has 3 heterocycles. The van der Waals surface area contributed by atoms with E-state index in [1.165, 1.54) is 5.56 Å². The van der Waals surface area contributed by atoms with Crippen LogP contribution < -0.4 is 0 Å². The number of aromatic nitrogens is 3. The van der Waals surface area contributed by atoms with E-state index >= 15 is 0 Å². The number of aryl methyl sites for hydroxylation is 1. The van der Waals surface area contributed by atoms with Crippen molar-refractivity contribution >= 4 is 33.0 Å². The van der Waals surface area contributed by atoms with Crippen LogP contribution in [0.5, 0.6) is 0 Å². The third-order valence-corrected chi connectivity index (χ3v) is 6.30. The fourth-order valence-corrected chi connectivity index (χ4v) is 4.58. The largest absolute Gasteiger partial charge is 0.455 e. The van der Waals surface area contributed by atoms with Crippen LogP contribution in [0.25, 0.3) is 50.0 Å². The summed E-state index contributed by atoms with van der Waals surface area (Å²) in [6, 6.07) is 25.0. The van der Waals surface area contributed by atoms with Gasteiger partial charge in [-0.2, -0.15) is 0 Å². The minimum absolute atomic E-state index is 0.0548. The highest BCUT2D eigenvalue weighted by Gasteiger charge is 2.23. The van der Waals surface area contributed by atoms with Crippen molar-refractivity contribution in [2.75, 3.05) is 0 Å². The van der Waals surface area contributed by atoms with Gasteiger partial charge in [-0.3, -0.25) is 9.55 Å². The van der Waals surface area contributed by atoms with Crippen molar-refractivity contribution in [3.8, 4) is 17.1 Å². The second-order valence-electron chi connectivity index (χ2n) is 9.65. The molecule has 162 valence electrons. The summed E-state index contributed by atoms with van der Waals surface area (Å²) in [7, 11) is 0. The van der Waals surface area contributed by atoms with Gasteiger partial charge in [-0.1, -0.05) is 63.2 Å². The van der Waals surface area contributed by atoms with Gasteiger partial charge in [0.2, 0.25) is 0 Å². The summed E-state index contributed by atoms with van der Waals surface area (Å²) in [5.74, 6) is 0.855. The molecule has 0 fully saturated rings. The van der Waals surface area contributed by atoms with E-state index in [0.717, 1.165) is 55.7 Å². The molecule has 0 bridgehead atoms. The number of pyridine rings is 1. The van der Waals surface area contributed by atoms with Gasteiger partial charge >= 0.3 is 0 Å². The van der Waals surface area contributed by atoms with E-state index in [2.05, 4.69) is 74.7 Å². The summed E-state index contributed by atoms with van der Waals surface area (Å²) in [5, 5.41) is 2.27. The molecule has 0 unspecified atom stereocenters. The monoisotopic (exact) mass is 431 g/mol. The Hall–Kier alpha value is -3.92. The predicted molar refractivity (Wildman–Crippen MR) is 135 cm³/mol. The van der Waals surface area contributed by atoms with Gasteiger partial charge in [0.25, 0.3) is 0 Å². The maximum absolute atomic E-state index is 6.41. The summed E-state index contributed by atoms with van der Waals surface area (Å²) in [6.07, 6.45) is 1.95. The van der Waals surface area contributed by atoms with Gasteiger partial charge < -0.3 is 4.42 Å². The van der Waals surface area contributed by atoms with Crippen molar-refractivity contribution in [2.45, 2.75) is 33.1 Å². The normalized spacial score (nSPS) is 12.2. The fourth-order valence-electron chi connectivity index (χ4n) is 4.58. The zero-order valence-corrected chi connectivity index (χ0v) is 19.3. The molecule has 4 nitrogen and oxygen atoms in total. The number of benzene rings is 3. The van der Waals surface area contributed by atoms with Crippen LogP contribution in [-0.2, 0) is 5.41 Å². The molecular weight excluding hydrogens is 406 g/mol. The first-order valence-corrected chi connectivity index (χ1v) is 11.3. The van der Waals surface area contributed by atoms with Crippen molar-refractivity contribution in [1.29, 1.82) is 0 Å². The summed E-state index contributed by atoms with van der Waals surface area (Å²) in [6.45, 7) is 8.66. The minimum atomic E-state index is -0.0548. The van der Waals surface area contributed by atoms with Gasteiger partial charge in [0.05, 0.1) is 22.8 Å². The Labute approximate surface area is 192 Å². The summed E-state index contributed by atoms with van der Waals surface area (Å²) < 4.78 is 8.60. The van der Waals surface area contributed by atoms with E-state index in [-0.39, 0.29) is 5.41 Å². The first kappa shape index (κ1) is 19.7. The molecule has 3 aromatic heterocycles. The molecule has 0 amide bonds. The van der Waals surface area contributed by atoms with Gasteiger partial charge in [-0.15, -0.1) is 0 Å². The van der Waals surface area contributed by atoms with Crippen LogP contribution in [0.3, 0.4) is 0 Å².